The van der Waals surface area contributed by atoms with Gasteiger partial charge in [-0.15, -0.1) is 24.8 Å². The third-order valence-corrected chi connectivity index (χ3v) is 3.36. The van der Waals surface area contributed by atoms with E-state index in [2.05, 4.69) is 24.1 Å². The quantitative estimate of drug-likeness (QED) is 0.759. The molecule has 2 rings (SSSR count). The molecule has 0 saturated heterocycles. The van der Waals surface area contributed by atoms with Crippen LogP contribution in [0.4, 0.5) is 0 Å². The minimum atomic E-state index is -0.138. The van der Waals surface area contributed by atoms with Gasteiger partial charge in [0.05, 0.1) is 0 Å². The van der Waals surface area contributed by atoms with E-state index >= 15 is 0 Å². The number of aromatic nitrogens is 1. The van der Waals surface area contributed by atoms with Crippen LogP contribution in [0.3, 0.4) is 0 Å². The summed E-state index contributed by atoms with van der Waals surface area (Å²) in [6.07, 6.45) is 4.17. The molecule has 0 bridgehead atoms. The van der Waals surface area contributed by atoms with Crippen LogP contribution >= 0.6 is 24.8 Å². The molecule has 1 amide bonds. The SMILES string of the molecule is CC(C)CC(CN)NC(=O)c1cccc(Oc2ccncc2)c1.Cl.Cl. The van der Waals surface area contributed by atoms with Gasteiger partial charge in [0.15, 0.2) is 0 Å². The van der Waals surface area contributed by atoms with E-state index in [0.29, 0.717) is 29.5 Å². The standard InChI is InChI=1S/C18H23N3O2.2ClH/c1-13(2)10-15(12-19)21-18(22)14-4-3-5-17(11-14)23-16-6-8-20-9-7-16;;/h3-9,11,13,15H,10,12,19H2,1-2H3,(H,21,22);2*1H. The highest BCUT2D eigenvalue weighted by Gasteiger charge is 2.14. The van der Waals surface area contributed by atoms with E-state index in [1.54, 1.807) is 42.7 Å². The van der Waals surface area contributed by atoms with Crippen LogP contribution in [-0.4, -0.2) is 23.5 Å². The van der Waals surface area contributed by atoms with Gasteiger partial charge in [0.25, 0.3) is 5.91 Å². The van der Waals surface area contributed by atoms with Gasteiger partial charge in [-0.2, -0.15) is 0 Å². The van der Waals surface area contributed by atoms with Crippen LogP contribution in [0.15, 0.2) is 48.8 Å². The summed E-state index contributed by atoms with van der Waals surface area (Å²) in [5, 5.41) is 2.98. The molecule has 0 aliphatic rings. The van der Waals surface area contributed by atoms with Crippen molar-refractivity contribution >= 4 is 30.7 Å². The Hall–Kier alpha value is -1.82. The number of amides is 1. The predicted molar refractivity (Wildman–Crippen MR) is 105 cm³/mol. The number of nitrogens with two attached hydrogens (primary N) is 1. The largest absolute Gasteiger partial charge is 0.457 e. The van der Waals surface area contributed by atoms with Gasteiger partial charge in [0.1, 0.15) is 11.5 Å². The average Bonchev–Trinajstić information content (AvgIpc) is 2.55. The van der Waals surface area contributed by atoms with E-state index in [9.17, 15) is 4.79 Å². The third-order valence-electron chi connectivity index (χ3n) is 3.36. The Morgan fingerprint density at radius 3 is 2.44 bits per heavy atom. The maximum absolute atomic E-state index is 12.4. The molecule has 0 spiro atoms. The fraction of sp³-hybridized carbons (Fsp3) is 0.333. The van der Waals surface area contributed by atoms with Gasteiger partial charge in [-0.1, -0.05) is 19.9 Å². The molecule has 0 radical (unpaired) electrons. The molecular formula is C18H25Cl2N3O2. The number of hydrogen-bond donors (Lipinski definition) is 2. The van der Waals surface area contributed by atoms with Crippen LogP contribution < -0.4 is 15.8 Å². The second-order valence-corrected chi connectivity index (χ2v) is 5.85. The minimum Gasteiger partial charge on any atom is -0.457 e. The number of pyridine rings is 1. The molecule has 0 aliphatic carbocycles. The normalized spacial score (nSPS) is 11.0. The minimum absolute atomic E-state index is 0. The molecule has 1 heterocycles. The van der Waals surface area contributed by atoms with Gasteiger partial charge in [-0.25, -0.2) is 0 Å². The number of carbonyl (C=O) groups excluding carboxylic acids is 1. The van der Waals surface area contributed by atoms with E-state index in [0.717, 1.165) is 6.42 Å². The molecule has 1 aromatic carbocycles. The summed E-state index contributed by atoms with van der Waals surface area (Å²) in [6, 6.07) is 10.6. The molecule has 1 aromatic heterocycles. The Bertz CT molecular complexity index is 639. The zero-order chi connectivity index (χ0) is 16.7. The van der Waals surface area contributed by atoms with E-state index in [4.69, 9.17) is 10.5 Å². The van der Waals surface area contributed by atoms with Gasteiger partial charge in [0, 0.05) is 30.5 Å². The van der Waals surface area contributed by atoms with Crippen molar-refractivity contribution in [3.8, 4) is 11.5 Å². The van der Waals surface area contributed by atoms with Crippen molar-refractivity contribution in [3.63, 3.8) is 0 Å². The van der Waals surface area contributed by atoms with E-state index in [1.165, 1.54) is 0 Å². The monoisotopic (exact) mass is 385 g/mol. The van der Waals surface area contributed by atoms with Crippen LogP contribution in [0.25, 0.3) is 0 Å². The van der Waals surface area contributed by atoms with Gasteiger partial charge >= 0.3 is 0 Å². The number of ether oxygens (including phenoxy) is 1. The summed E-state index contributed by atoms with van der Waals surface area (Å²) >= 11 is 0. The van der Waals surface area contributed by atoms with Crippen molar-refractivity contribution in [2.45, 2.75) is 26.3 Å². The van der Waals surface area contributed by atoms with Crippen molar-refractivity contribution in [3.05, 3.63) is 54.4 Å². The van der Waals surface area contributed by atoms with Crippen molar-refractivity contribution in [2.24, 2.45) is 11.7 Å². The molecule has 0 fully saturated rings. The molecule has 5 nitrogen and oxygen atoms in total. The van der Waals surface area contributed by atoms with Crippen molar-refractivity contribution in [2.75, 3.05) is 6.54 Å². The first kappa shape index (κ1) is 23.2. The Kier molecular flexibility index (Phi) is 10.8. The number of nitrogens with zero attached hydrogens (tertiary/aromatic N) is 1. The highest BCUT2D eigenvalue weighted by molar-refractivity contribution is 5.94. The first-order chi connectivity index (χ1) is 11.1. The van der Waals surface area contributed by atoms with Crippen LogP contribution in [0.1, 0.15) is 30.6 Å². The predicted octanol–water partition coefficient (Wildman–Crippen LogP) is 3.82. The number of benzene rings is 1. The number of nitrogens with one attached hydrogen (secondary N) is 1. The van der Waals surface area contributed by atoms with Gasteiger partial charge < -0.3 is 15.8 Å². The van der Waals surface area contributed by atoms with Crippen LogP contribution in [0.5, 0.6) is 11.5 Å². The van der Waals surface area contributed by atoms with Crippen molar-refractivity contribution in [1.82, 2.24) is 10.3 Å². The number of halogens is 2. The molecule has 1 atom stereocenters. The smallest absolute Gasteiger partial charge is 0.251 e. The van der Waals surface area contributed by atoms with Crippen LogP contribution in [-0.2, 0) is 0 Å². The Balaban J connectivity index is 0.00000288. The highest BCUT2D eigenvalue weighted by Crippen LogP contribution is 2.21. The molecule has 7 heteroatoms. The van der Waals surface area contributed by atoms with Crippen molar-refractivity contribution < 1.29 is 9.53 Å². The van der Waals surface area contributed by atoms with E-state index < -0.39 is 0 Å². The highest BCUT2D eigenvalue weighted by atomic mass is 35.5. The molecule has 0 saturated carbocycles. The lowest BCUT2D eigenvalue weighted by molar-refractivity contribution is 0.0933. The third kappa shape index (κ3) is 7.73. The first-order valence-corrected chi connectivity index (χ1v) is 7.77. The molecule has 1 unspecified atom stereocenters. The Morgan fingerprint density at radius 2 is 1.84 bits per heavy atom. The van der Waals surface area contributed by atoms with Gasteiger partial charge in [-0.05, 0) is 42.7 Å². The average molecular weight is 386 g/mol. The summed E-state index contributed by atoms with van der Waals surface area (Å²) in [7, 11) is 0. The molecule has 0 aliphatic heterocycles. The van der Waals surface area contributed by atoms with Crippen molar-refractivity contribution in [1.29, 1.82) is 0 Å². The number of carbonyl (C=O) groups is 1. The molecule has 138 valence electrons. The van der Waals surface area contributed by atoms with E-state index in [-0.39, 0.29) is 36.8 Å². The maximum atomic E-state index is 12.4. The fourth-order valence-electron chi connectivity index (χ4n) is 2.30. The zero-order valence-corrected chi connectivity index (χ0v) is 16.0. The molecule has 2 aromatic rings. The topological polar surface area (TPSA) is 77.2 Å². The zero-order valence-electron chi connectivity index (χ0n) is 14.3. The summed E-state index contributed by atoms with van der Waals surface area (Å²) < 4.78 is 5.72. The first-order valence-electron chi connectivity index (χ1n) is 7.77. The summed E-state index contributed by atoms with van der Waals surface area (Å²) in [5.74, 6) is 1.63. The van der Waals surface area contributed by atoms with Crippen LogP contribution in [0.2, 0.25) is 0 Å². The summed E-state index contributed by atoms with van der Waals surface area (Å²) in [4.78, 5) is 16.3. The summed E-state index contributed by atoms with van der Waals surface area (Å²) in [6.45, 7) is 4.65. The lowest BCUT2D eigenvalue weighted by Crippen LogP contribution is -2.41. The lowest BCUT2D eigenvalue weighted by atomic mass is 10.0. The van der Waals surface area contributed by atoms with Gasteiger partial charge in [-0.3, -0.25) is 9.78 Å². The summed E-state index contributed by atoms with van der Waals surface area (Å²) in [5.41, 5.74) is 6.29. The number of hydrogen-bond acceptors (Lipinski definition) is 4. The number of rotatable bonds is 7. The van der Waals surface area contributed by atoms with Gasteiger partial charge in [0.2, 0.25) is 0 Å². The second kappa shape index (κ2) is 11.7. The lowest BCUT2D eigenvalue weighted by Gasteiger charge is -2.19. The fourth-order valence-corrected chi connectivity index (χ4v) is 2.30. The second-order valence-electron chi connectivity index (χ2n) is 5.85. The van der Waals surface area contributed by atoms with Crippen LogP contribution in [0, 0.1) is 5.92 Å². The molecule has 3 N–H and O–H groups in total. The van der Waals surface area contributed by atoms with E-state index in [1.807, 2.05) is 6.07 Å². The Morgan fingerprint density at radius 1 is 1.16 bits per heavy atom. The molecular weight excluding hydrogens is 361 g/mol. The molecule has 25 heavy (non-hydrogen) atoms. The maximum Gasteiger partial charge on any atom is 0.251 e. The Labute approximate surface area is 161 Å².